The van der Waals surface area contributed by atoms with E-state index in [0.717, 1.165) is 4.90 Å². The molecule has 1 amide bonds. The second kappa shape index (κ2) is 9.67. The maximum absolute atomic E-state index is 12.3. The topological polar surface area (TPSA) is 168 Å². The van der Waals surface area contributed by atoms with Gasteiger partial charge in [-0.25, -0.2) is 5.10 Å². The summed E-state index contributed by atoms with van der Waals surface area (Å²) >= 11 is 0. The summed E-state index contributed by atoms with van der Waals surface area (Å²) in [4.78, 5) is 47.2. The highest BCUT2D eigenvalue weighted by molar-refractivity contribution is 5.83. The molecule has 0 aliphatic rings. The Balaban J connectivity index is 2.62. The molecule has 27 heavy (non-hydrogen) atoms. The quantitative estimate of drug-likeness (QED) is 0.397. The minimum atomic E-state index is -1.23. The average molecular weight is 383 g/mol. The third-order valence-corrected chi connectivity index (χ3v) is 3.13. The number of hydrogen-bond acceptors (Lipinski definition) is 8. The molecule has 0 fully saturated rings. The highest BCUT2D eigenvalue weighted by Gasteiger charge is 2.26. The number of carboxylic acids is 1. The zero-order valence-corrected chi connectivity index (χ0v) is 15.5. The van der Waals surface area contributed by atoms with E-state index in [2.05, 4.69) is 15.5 Å². The van der Waals surface area contributed by atoms with Crippen LogP contribution in [0.4, 0.5) is 5.82 Å². The van der Waals surface area contributed by atoms with Crippen molar-refractivity contribution >= 4 is 23.7 Å². The molecule has 0 bridgehead atoms. The van der Waals surface area contributed by atoms with Crippen LogP contribution < -0.4 is 16.6 Å². The normalized spacial score (nSPS) is 12.1. The molecule has 0 aliphatic carbocycles. The second-order valence-electron chi connectivity index (χ2n) is 6.79. The van der Waals surface area contributed by atoms with Crippen LogP contribution in [0.1, 0.15) is 27.2 Å². The van der Waals surface area contributed by atoms with Crippen LogP contribution in [0.15, 0.2) is 16.9 Å². The number of carbonyl (C=O) groups is 3. The number of anilines is 1. The molecule has 5 N–H and O–H groups in total. The molecule has 150 valence electrons. The van der Waals surface area contributed by atoms with Gasteiger partial charge in [0.1, 0.15) is 24.0 Å². The Morgan fingerprint density at radius 2 is 2.04 bits per heavy atom. The first kappa shape index (κ1) is 22.1. The van der Waals surface area contributed by atoms with Gasteiger partial charge in [0, 0.05) is 25.6 Å². The average Bonchev–Trinajstić information content (AvgIpc) is 2.53. The number of amides is 1. The lowest BCUT2D eigenvalue weighted by atomic mass is 10.2. The summed E-state index contributed by atoms with van der Waals surface area (Å²) in [5.41, 5.74) is 4.65. The molecule has 0 radical (unpaired) electrons. The number of aromatic nitrogens is 2. The fourth-order valence-corrected chi connectivity index (χ4v) is 2.01. The van der Waals surface area contributed by atoms with Gasteiger partial charge in [-0.3, -0.25) is 19.2 Å². The number of carbonyl (C=O) groups excluding carboxylic acids is 2. The third-order valence-electron chi connectivity index (χ3n) is 3.13. The number of esters is 1. The summed E-state index contributed by atoms with van der Waals surface area (Å²) < 4.78 is 5.13. The van der Waals surface area contributed by atoms with Crippen LogP contribution in [0.5, 0.6) is 0 Å². The van der Waals surface area contributed by atoms with Gasteiger partial charge >= 0.3 is 11.9 Å². The van der Waals surface area contributed by atoms with Gasteiger partial charge in [0.05, 0.1) is 0 Å². The molecule has 0 spiro atoms. The summed E-state index contributed by atoms with van der Waals surface area (Å²) in [5, 5.41) is 17.8. The number of nitrogens with one attached hydrogen (secondary N) is 2. The lowest BCUT2D eigenvalue weighted by Gasteiger charge is -2.26. The molecule has 1 aromatic heterocycles. The van der Waals surface area contributed by atoms with E-state index in [1.54, 1.807) is 20.8 Å². The number of rotatable bonds is 9. The summed E-state index contributed by atoms with van der Waals surface area (Å²) in [5.74, 6) is -2.10. The van der Waals surface area contributed by atoms with Crippen LogP contribution in [-0.2, 0) is 19.1 Å². The van der Waals surface area contributed by atoms with Crippen molar-refractivity contribution in [3.63, 3.8) is 0 Å². The molecule has 11 nitrogen and oxygen atoms in total. The molecule has 11 heteroatoms. The molecule has 1 atom stereocenters. The van der Waals surface area contributed by atoms with E-state index >= 15 is 0 Å². The highest BCUT2D eigenvalue weighted by atomic mass is 16.6. The van der Waals surface area contributed by atoms with Gasteiger partial charge in [-0.2, -0.15) is 5.10 Å². The standard InChI is InChI=1S/C16H25N5O6/c1-16(2,3)27-15(26)10(17)8-21(9-14(24)25)13(23)6-7-18-11-4-5-12(22)20-19-11/h4-5,10H,6-9,17H2,1-3H3,(H,18,19)(H,20,22)(H,24,25). The van der Waals surface area contributed by atoms with Gasteiger partial charge in [-0.05, 0) is 26.8 Å². The molecular weight excluding hydrogens is 358 g/mol. The molecule has 1 heterocycles. The highest BCUT2D eigenvalue weighted by Crippen LogP contribution is 2.09. The van der Waals surface area contributed by atoms with Gasteiger partial charge in [0.25, 0.3) is 5.56 Å². The van der Waals surface area contributed by atoms with E-state index in [1.165, 1.54) is 12.1 Å². The van der Waals surface area contributed by atoms with Crippen molar-refractivity contribution in [2.24, 2.45) is 5.73 Å². The lowest BCUT2D eigenvalue weighted by Crippen LogP contribution is -2.49. The maximum Gasteiger partial charge on any atom is 0.325 e. The first-order valence-corrected chi connectivity index (χ1v) is 8.25. The van der Waals surface area contributed by atoms with E-state index in [4.69, 9.17) is 15.6 Å². The predicted octanol–water partition coefficient (Wildman–Crippen LogP) is -0.846. The zero-order valence-electron chi connectivity index (χ0n) is 15.5. The number of nitrogens with two attached hydrogens (primary N) is 1. The lowest BCUT2D eigenvalue weighted by molar-refractivity contribution is -0.158. The van der Waals surface area contributed by atoms with Crippen molar-refractivity contribution in [2.45, 2.75) is 38.8 Å². The molecule has 0 aliphatic heterocycles. The van der Waals surface area contributed by atoms with E-state index in [1.807, 2.05) is 0 Å². The van der Waals surface area contributed by atoms with Crippen LogP contribution >= 0.6 is 0 Å². The van der Waals surface area contributed by atoms with Crippen LogP contribution in [0.2, 0.25) is 0 Å². The van der Waals surface area contributed by atoms with E-state index in [0.29, 0.717) is 5.82 Å². The smallest absolute Gasteiger partial charge is 0.325 e. The molecule has 1 unspecified atom stereocenters. The Morgan fingerprint density at radius 3 is 2.56 bits per heavy atom. The maximum atomic E-state index is 12.3. The number of hydrogen-bond donors (Lipinski definition) is 4. The number of carboxylic acid groups (broad SMARTS) is 1. The summed E-state index contributed by atoms with van der Waals surface area (Å²) in [6, 6.07) is 1.55. The third kappa shape index (κ3) is 8.81. The summed E-state index contributed by atoms with van der Waals surface area (Å²) in [7, 11) is 0. The van der Waals surface area contributed by atoms with Crippen molar-refractivity contribution in [3.8, 4) is 0 Å². The van der Waals surface area contributed by atoms with E-state index in [9.17, 15) is 19.2 Å². The summed E-state index contributed by atoms with van der Waals surface area (Å²) in [6.07, 6.45) is -0.0604. The fraction of sp³-hybridized carbons (Fsp3) is 0.562. The van der Waals surface area contributed by atoms with Crippen molar-refractivity contribution in [2.75, 3.05) is 25.0 Å². The van der Waals surface area contributed by atoms with Crippen LogP contribution in [-0.4, -0.2) is 69.3 Å². The van der Waals surface area contributed by atoms with Crippen molar-refractivity contribution in [3.05, 3.63) is 22.5 Å². The van der Waals surface area contributed by atoms with E-state index in [-0.39, 0.29) is 25.1 Å². The Hall–Kier alpha value is -2.95. The molecule has 0 aromatic carbocycles. The molecule has 0 saturated carbocycles. The van der Waals surface area contributed by atoms with Crippen molar-refractivity contribution in [1.82, 2.24) is 15.1 Å². The number of H-pyrrole nitrogens is 1. The zero-order chi connectivity index (χ0) is 20.6. The molecular formula is C16H25N5O6. The van der Waals surface area contributed by atoms with Gasteiger partial charge < -0.3 is 25.8 Å². The van der Waals surface area contributed by atoms with E-state index < -0.39 is 36.0 Å². The first-order valence-electron chi connectivity index (χ1n) is 8.25. The molecule has 1 aromatic rings. The Labute approximate surface area is 155 Å². The predicted molar refractivity (Wildman–Crippen MR) is 96.0 cm³/mol. The Morgan fingerprint density at radius 1 is 1.37 bits per heavy atom. The minimum absolute atomic E-state index is 0.0604. The number of aliphatic carboxylic acids is 1. The van der Waals surface area contributed by atoms with Crippen molar-refractivity contribution in [1.29, 1.82) is 0 Å². The van der Waals surface area contributed by atoms with Crippen LogP contribution in [0, 0.1) is 0 Å². The number of nitrogens with zero attached hydrogens (tertiary/aromatic N) is 2. The molecule has 0 saturated heterocycles. The first-order chi connectivity index (χ1) is 12.5. The SMILES string of the molecule is CC(C)(C)OC(=O)C(N)CN(CC(=O)O)C(=O)CCNc1ccc(=O)[nH]n1. The minimum Gasteiger partial charge on any atom is -0.480 e. The fourth-order valence-electron chi connectivity index (χ4n) is 2.01. The Kier molecular flexibility index (Phi) is 7.91. The largest absolute Gasteiger partial charge is 0.480 e. The summed E-state index contributed by atoms with van der Waals surface area (Å²) in [6.45, 7) is 4.30. The van der Waals surface area contributed by atoms with Crippen LogP contribution in [0.3, 0.4) is 0 Å². The Bertz CT molecular complexity index is 706. The van der Waals surface area contributed by atoms with Crippen molar-refractivity contribution < 1.29 is 24.2 Å². The molecule has 1 rings (SSSR count). The number of aromatic amines is 1. The second-order valence-corrected chi connectivity index (χ2v) is 6.79. The van der Waals surface area contributed by atoms with Gasteiger partial charge in [0.15, 0.2) is 0 Å². The monoisotopic (exact) mass is 383 g/mol. The van der Waals surface area contributed by atoms with Crippen LogP contribution in [0.25, 0.3) is 0 Å². The van der Waals surface area contributed by atoms with Gasteiger partial charge in [-0.15, -0.1) is 0 Å². The van der Waals surface area contributed by atoms with Gasteiger partial charge in [-0.1, -0.05) is 0 Å². The van der Waals surface area contributed by atoms with Gasteiger partial charge in [0.2, 0.25) is 5.91 Å². The number of ether oxygens (including phenoxy) is 1.